The zero-order valence-electron chi connectivity index (χ0n) is 16.8. The molecule has 2 aliphatic rings. The molecular formula is C24H19N5O2. The molecule has 0 aliphatic carbocycles. The number of ether oxygens (including phenoxy) is 1. The molecule has 3 N–H and O–H groups in total. The van der Waals surface area contributed by atoms with Gasteiger partial charge in [0.25, 0.3) is 5.91 Å². The number of aromatic amines is 1. The molecule has 0 bridgehead atoms. The van der Waals surface area contributed by atoms with Crippen molar-refractivity contribution in [1.29, 1.82) is 0 Å². The van der Waals surface area contributed by atoms with Gasteiger partial charge in [-0.25, -0.2) is 9.97 Å². The molecule has 1 amide bonds. The molecule has 0 atom stereocenters. The number of para-hydroxylation sites is 2. The minimum absolute atomic E-state index is 0.136. The predicted octanol–water partition coefficient (Wildman–Crippen LogP) is 4.23. The van der Waals surface area contributed by atoms with Crippen LogP contribution in [0.15, 0.2) is 48.7 Å². The van der Waals surface area contributed by atoms with E-state index in [1.54, 1.807) is 6.08 Å². The topological polar surface area (TPSA) is 91.9 Å². The van der Waals surface area contributed by atoms with Gasteiger partial charge in [-0.3, -0.25) is 4.79 Å². The van der Waals surface area contributed by atoms with Crippen LogP contribution in [-0.2, 0) is 4.79 Å². The number of hydrogen-bond acceptors (Lipinski definition) is 5. The second kappa shape index (κ2) is 6.70. The Morgan fingerprint density at radius 3 is 2.94 bits per heavy atom. The van der Waals surface area contributed by atoms with Crippen LogP contribution in [0, 0.1) is 6.92 Å². The van der Waals surface area contributed by atoms with Gasteiger partial charge in [0.05, 0.1) is 16.6 Å². The minimum Gasteiger partial charge on any atom is -0.474 e. The third kappa shape index (κ3) is 2.85. The lowest BCUT2D eigenvalue weighted by atomic mass is 9.97. The summed E-state index contributed by atoms with van der Waals surface area (Å²) in [6, 6.07) is 13.8. The number of carbonyl (C=O) groups is 1. The van der Waals surface area contributed by atoms with Crippen molar-refractivity contribution in [3.05, 3.63) is 65.6 Å². The zero-order valence-corrected chi connectivity index (χ0v) is 16.8. The standard InChI is InChI=1S/C24H19N5O2/c1-13-17(12-26-24-22(13)25-8-9-31-24)14-6-7-18-15(10-14)16(23(30)29-18)11-21-27-19-4-2-3-5-20(19)28-21/h2-7,10-12,25H,8-9H2,1H3,(H,27,28)(H,29,30)/b16-11-. The molecule has 0 spiro atoms. The lowest BCUT2D eigenvalue weighted by Gasteiger charge is -2.21. The van der Waals surface area contributed by atoms with E-state index in [4.69, 9.17) is 4.74 Å². The first-order chi connectivity index (χ1) is 15.2. The maximum atomic E-state index is 12.7. The first-order valence-electron chi connectivity index (χ1n) is 10.2. The lowest BCUT2D eigenvalue weighted by molar-refractivity contribution is -0.110. The van der Waals surface area contributed by atoms with E-state index >= 15 is 0 Å². The van der Waals surface area contributed by atoms with Crippen LogP contribution >= 0.6 is 0 Å². The molecule has 0 fully saturated rings. The van der Waals surface area contributed by atoms with E-state index in [9.17, 15) is 4.79 Å². The number of hydrogen-bond donors (Lipinski definition) is 3. The van der Waals surface area contributed by atoms with Crippen LogP contribution in [0.3, 0.4) is 0 Å². The van der Waals surface area contributed by atoms with Gasteiger partial charge < -0.3 is 20.4 Å². The number of imidazole rings is 1. The monoisotopic (exact) mass is 409 g/mol. The van der Waals surface area contributed by atoms with Gasteiger partial charge in [0.2, 0.25) is 5.88 Å². The van der Waals surface area contributed by atoms with Gasteiger partial charge >= 0.3 is 0 Å². The number of rotatable bonds is 2. The Labute approximate surface area is 178 Å². The highest BCUT2D eigenvalue weighted by Gasteiger charge is 2.26. The highest BCUT2D eigenvalue weighted by molar-refractivity contribution is 6.35. The molecule has 6 rings (SSSR count). The van der Waals surface area contributed by atoms with E-state index in [1.165, 1.54) is 0 Å². The Kier molecular flexibility index (Phi) is 3.83. The summed E-state index contributed by atoms with van der Waals surface area (Å²) < 4.78 is 5.64. The number of nitrogens with zero attached hydrogens (tertiary/aromatic N) is 2. The van der Waals surface area contributed by atoms with Crippen molar-refractivity contribution in [2.45, 2.75) is 6.92 Å². The van der Waals surface area contributed by atoms with Crippen molar-refractivity contribution in [3.8, 4) is 17.0 Å². The smallest absolute Gasteiger partial charge is 0.256 e. The molecule has 2 aromatic heterocycles. The van der Waals surface area contributed by atoms with Crippen LogP contribution in [0.1, 0.15) is 17.0 Å². The molecular weight excluding hydrogens is 390 g/mol. The molecule has 7 nitrogen and oxygen atoms in total. The second-order valence-corrected chi connectivity index (χ2v) is 7.66. The van der Waals surface area contributed by atoms with E-state index in [-0.39, 0.29) is 5.91 Å². The Balaban J connectivity index is 1.45. The van der Waals surface area contributed by atoms with E-state index in [0.29, 0.717) is 23.9 Å². The van der Waals surface area contributed by atoms with Gasteiger partial charge in [-0.15, -0.1) is 0 Å². The number of benzene rings is 2. The Bertz CT molecular complexity index is 1370. The third-order valence-corrected chi connectivity index (χ3v) is 5.75. The molecule has 0 saturated heterocycles. The molecule has 0 radical (unpaired) electrons. The van der Waals surface area contributed by atoms with Crippen LogP contribution in [0.4, 0.5) is 11.4 Å². The van der Waals surface area contributed by atoms with Crippen LogP contribution in [0.2, 0.25) is 0 Å². The molecule has 2 aromatic carbocycles. The summed E-state index contributed by atoms with van der Waals surface area (Å²) in [4.78, 5) is 25.0. The fraction of sp³-hybridized carbons (Fsp3) is 0.125. The number of nitrogens with one attached hydrogen (secondary N) is 3. The van der Waals surface area contributed by atoms with E-state index < -0.39 is 0 Å². The largest absolute Gasteiger partial charge is 0.474 e. The van der Waals surface area contributed by atoms with Gasteiger partial charge in [-0.2, -0.15) is 0 Å². The van der Waals surface area contributed by atoms with Crippen molar-refractivity contribution in [3.63, 3.8) is 0 Å². The summed E-state index contributed by atoms with van der Waals surface area (Å²) in [5, 5.41) is 6.32. The summed E-state index contributed by atoms with van der Waals surface area (Å²) >= 11 is 0. The highest BCUT2D eigenvalue weighted by Crippen LogP contribution is 2.39. The molecule has 0 saturated carbocycles. The molecule has 0 unspecified atom stereocenters. The van der Waals surface area contributed by atoms with Crippen molar-refractivity contribution in [2.24, 2.45) is 0 Å². The number of amides is 1. The van der Waals surface area contributed by atoms with Crippen molar-refractivity contribution in [2.75, 3.05) is 23.8 Å². The quantitative estimate of drug-likeness (QED) is 0.431. The molecule has 152 valence electrons. The number of aromatic nitrogens is 3. The maximum Gasteiger partial charge on any atom is 0.256 e. The predicted molar refractivity (Wildman–Crippen MR) is 121 cm³/mol. The van der Waals surface area contributed by atoms with Crippen LogP contribution in [0.25, 0.3) is 33.8 Å². The Hall–Kier alpha value is -4.13. The number of pyridine rings is 1. The van der Waals surface area contributed by atoms with E-state index in [2.05, 4.69) is 32.5 Å². The van der Waals surface area contributed by atoms with Gasteiger partial charge in [-0.05, 0) is 48.4 Å². The zero-order chi connectivity index (χ0) is 20.9. The average Bonchev–Trinajstić information content (AvgIpc) is 3.34. The number of H-pyrrole nitrogens is 1. The Morgan fingerprint density at radius 1 is 1.13 bits per heavy atom. The first-order valence-corrected chi connectivity index (χ1v) is 10.2. The van der Waals surface area contributed by atoms with E-state index in [0.717, 1.165) is 51.2 Å². The minimum atomic E-state index is -0.136. The van der Waals surface area contributed by atoms with Crippen LogP contribution < -0.4 is 15.4 Å². The molecule has 2 aliphatic heterocycles. The third-order valence-electron chi connectivity index (χ3n) is 5.75. The fourth-order valence-electron chi connectivity index (χ4n) is 4.19. The number of fused-ring (bicyclic) bond motifs is 3. The van der Waals surface area contributed by atoms with Crippen molar-refractivity contribution >= 4 is 40.0 Å². The SMILES string of the molecule is Cc1c(-c2ccc3c(c2)/C(=C/c2nc4ccccc4[nH]2)C(=O)N3)cnc2c1NCCO2. The lowest BCUT2D eigenvalue weighted by Crippen LogP contribution is -2.20. The second-order valence-electron chi connectivity index (χ2n) is 7.66. The Morgan fingerprint density at radius 2 is 2.03 bits per heavy atom. The van der Waals surface area contributed by atoms with E-state index in [1.807, 2.05) is 48.7 Å². The highest BCUT2D eigenvalue weighted by atomic mass is 16.5. The van der Waals surface area contributed by atoms with Crippen LogP contribution in [-0.4, -0.2) is 34.0 Å². The fourth-order valence-corrected chi connectivity index (χ4v) is 4.19. The summed E-state index contributed by atoms with van der Waals surface area (Å²) in [5.41, 5.74) is 8.03. The van der Waals surface area contributed by atoms with Crippen molar-refractivity contribution in [1.82, 2.24) is 15.0 Å². The summed E-state index contributed by atoms with van der Waals surface area (Å²) in [7, 11) is 0. The summed E-state index contributed by atoms with van der Waals surface area (Å²) in [6.45, 7) is 3.42. The summed E-state index contributed by atoms with van der Waals surface area (Å²) in [5.74, 6) is 1.15. The van der Waals surface area contributed by atoms with Crippen molar-refractivity contribution < 1.29 is 9.53 Å². The number of anilines is 2. The average molecular weight is 409 g/mol. The maximum absolute atomic E-state index is 12.7. The van der Waals surface area contributed by atoms with Gasteiger partial charge in [0, 0.05) is 29.6 Å². The first kappa shape index (κ1) is 17.7. The molecule has 4 heterocycles. The molecule has 31 heavy (non-hydrogen) atoms. The number of carbonyl (C=O) groups excluding carboxylic acids is 1. The molecule has 7 heteroatoms. The van der Waals surface area contributed by atoms with Crippen LogP contribution in [0.5, 0.6) is 5.88 Å². The van der Waals surface area contributed by atoms with Gasteiger partial charge in [0.15, 0.2) is 0 Å². The molecule has 4 aromatic rings. The summed E-state index contributed by atoms with van der Waals surface area (Å²) in [6.07, 6.45) is 3.63. The normalized spacial score (nSPS) is 15.9. The van der Waals surface area contributed by atoms with Gasteiger partial charge in [-0.1, -0.05) is 18.2 Å². The van der Waals surface area contributed by atoms with Gasteiger partial charge in [0.1, 0.15) is 18.1 Å².